The molecule has 1 unspecified atom stereocenters. The van der Waals surface area contributed by atoms with Crippen LogP contribution < -0.4 is 5.32 Å². The molecular formula is C18H17N3OS2. The highest BCUT2D eigenvalue weighted by molar-refractivity contribution is 8.00. The number of aromatic nitrogens is 2. The van der Waals surface area contributed by atoms with E-state index in [0.717, 1.165) is 41.0 Å². The largest absolute Gasteiger partial charge is 0.355 e. The van der Waals surface area contributed by atoms with E-state index < -0.39 is 0 Å². The third-order valence-electron chi connectivity index (χ3n) is 4.09. The van der Waals surface area contributed by atoms with Gasteiger partial charge in [-0.2, -0.15) is 0 Å². The SMILES string of the molecule is O=C1NCCCCC1Sc1ncnc2sc(-c3ccccc3)cc12. The van der Waals surface area contributed by atoms with Crippen molar-refractivity contribution in [3.8, 4) is 10.4 Å². The van der Waals surface area contributed by atoms with E-state index in [0.29, 0.717) is 0 Å². The fraction of sp³-hybridized carbons (Fsp3) is 0.278. The Hall–Kier alpha value is -1.92. The van der Waals surface area contributed by atoms with Crippen LogP contribution in [0.25, 0.3) is 20.7 Å². The predicted octanol–water partition coefficient (Wildman–Crippen LogP) is 4.12. The van der Waals surface area contributed by atoms with E-state index >= 15 is 0 Å². The Labute approximate surface area is 148 Å². The molecule has 2 aromatic heterocycles. The third-order valence-corrected chi connectivity index (χ3v) is 6.46. The zero-order chi connectivity index (χ0) is 16.4. The van der Waals surface area contributed by atoms with E-state index in [1.165, 1.54) is 10.4 Å². The van der Waals surface area contributed by atoms with Crippen LogP contribution in [0.15, 0.2) is 47.8 Å². The topological polar surface area (TPSA) is 54.9 Å². The van der Waals surface area contributed by atoms with Gasteiger partial charge in [0.2, 0.25) is 5.91 Å². The lowest BCUT2D eigenvalue weighted by molar-refractivity contribution is -0.120. The molecule has 1 aromatic carbocycles. The average molecular weight is 355 g/mol. The Morgan fingerprint density at radius 3 is 2.92 bits per heavy atom. The number of hydrogen-bond donors (Lipinski definition) is 1. The molecule has 0 saturated carbocycles. The number of amides is 1. The van der Waals surface area contributed by atoms with E-state index in [-0.39, 0.29) is 11.2 Å². The molecule has 1 fully saturated rings. The second-order valence-corrected chi connectivity index (χ2v) is 7.99. The molecule has 3 heterocycles. The van der Waals surface area contributed by atoms with Crippen molar-refractivity contribution in [2.45, 2.75) is 29.5 Å². The molecule has 0 radical (unpaired) electrons. The first-order valence-electron chi connectivity index (χ1n) is 8.05. The van der Waals surface area contributed by atoms with Crippen LogP contribution in [0.5, 0.6) is 0 Å². The quantitative estimate of drug-likeness (QED) is 0.718. The minimum absolute atomic E-state index is 0.0642. The maximum Gasteiger partial charge on any atom is 0.233 e. The molecule has 1 saturated heterocycles. The summed E-state index contributed by atoms with van der Waals surface area (Å²) in [6, 6.07) is 12.4. The summed E-state index contributed by atoms with van der Waals surface area (Å²) in [4.78, 5) is 23.2. The summed E-state index contributed by atoms with van der Waals surface area (Å²) in [6.07, 6.45) is 4.63. The molecule has 4 rings (SSSR count). The van der Waals surface area contributed by atoms with E-state index in [4.69, 9.17) is 0 Å². The molecule has 4 nitrogen and oxygen atoms in total. The molecule has 0 bridgehead atoms. The number of carbonyl (C=O) groups excluding carboxylic acids is 1. The van der Waals surface area contributed by atoms with Crippen LogP contribution >= 0.6 is 23.1 Å². The van der Waals surface area contributed by atoms with Crippen molar-refractivity contribution in [2.75, 3.05) is 6.54 Å². The van der Waals surface area contributed by atoms with Crippen molar-refractivity contribution in [3.63, 3.8) is 0 Å². The fourth-order valence-corrected chi connectivity index (χ4v) is 5.03. The number of benzene rings is 1. The zero-order valence-electron chi connectivity index (χ0n) is 13.1. The van der Waals surface area contributed by atoms with Crippen molar-refractivity contribution in [1.29, 1.82) is 0 Å². The van der Waals surface area contributed by atoms with Gasteiger partial charge in [-0.1, -0.05) is 48.5 Å². The van der Waals surface area contributed by atoms with Gasteiger partial charge in [0, 0.05) is 16.8 Å². The van der Waals surface area contributed by atoms with Gasteiger partial charge >= 0.3 is 0 Å². The Balaban J connectivity index is 1.68. The molecular weight excluding hydrogens is 338 g/mol. The minimum Gasteiger partial charge on any atom is -0.355 e. The van der Waals surface area contributed by atoms with E-state index in [9.17, 15) is 4.79 Å². The lowest BCUT2D eigenvalue weighted by atomic mass is 10.2. The van der Waals surface area contributed by atoms with Crippen LogP contribution in [-0.2, 0) is 4.79 Å². The number of fused-ring (bicyclic) bond motifs is 1. The number of nitrogens with one attached hydrogen (secondary N) is 1. The van der Waals surface area contributed by atoms with Gasteiger partial charge in [-0.3, -0.25) is 4.79 Å². The minimum atomic E-state index is -0.0642. The average Bonchev–Trinajstić information content (AvgIpc) is 2.96. The Bertz CT molecular complexity index is 863. The summed E-state index contributed by atoms with van der Waals surface area (Å²) in [5.41, 5.74) is 1.18. The van der Waals surface area contributed by atoms with E-state index in [2.05, 4.69) is 33.5 Å². The first-order chi connectivity index (χ1) is 11.8. The van der Waals surface area contributed by atoms with E-state index in [1.807, 2.05) is 18.2 Å². The maximum absolute atomic E-state index is 12.2. The van der Waals surface area contributed by atoms with Crippen molar-refractivity contribution in [3.05, 3.63) is 42.7 Å². The molecule has 0 aliphatic carbocycles. The van der Waals surface area contributed by atoms with E-state index in [1.54, 1.807) is 29.4 Å². The Morgan fingerprint density at radius 1 is 1.17 bits per heavy atom. The Morgan fingerprint density at radius 2 is 2.04 bits per heavy atom. The molecule has 1 aliphatic rings. The van der Waals surface area contributed by atoms with Crippen molar-refractivity contribution >= 4 is 39.2 Å². The second-order valence-electron chi connectivity index (χ2n) is 5.77. The number of thioether (sulfide) groups is 1. The normalized spacial score (nSPS) is 18.3. The van der Waals surface area contributed by atoms with Crippen LogP contribution in [0.2, 0.25) is 0 Å². The van der Waals surface area contributed by atoms with Crippen LogP contribution in [0.1, 0.15) is 19.3 Å². The summed E-state index contributed by atoms with van der Waals surface area (Å²) in [7, 11) is 0. The van der Waals surface area contributed by atoms with Gasteiger partial charge in [-0.25, -0.2) is 9.97 Å². The number of carbonyl (C=O) groups is 1. The summed E-state index contributed by atoms with van der Waals surface area (Å²) in [6.45, 7) is 0.783. The molecule has 1 aliphatic heterocycles. The molecule has 3 aromatic rings. The van der Waals surface area contributed by atoms with Crippen LogP contribution in [0.3, 0.4) is 0 Å². The van der Waals surface area contributed by atoms with Gasteiger partial charge in [-0.15, -0.1) is 11.3 Å². The summed E-state index contributed by atoms with van der Waals surface area (Å²) < 4.78 is 0. The highest BCUT2D eigenvalue weighted by Gasteiger charge is 2.23. The maximum atomic E-state index is 12.2. The predicted molar refractivity (Wildman–Crippen MR) is 99.4 cm³/mol. The van der Waals surface area contributed by atoms with Crippen molar-refractivity contribution < 1.29 is 4.79 Å². The molecule has 6 heteroatoms. The standard InChI is InChI=1S/C18H17N3OS2/c22-16-14(8-4-5-9-19-16)23-17-13-10-15(12-6-2-1-3-7-12)24-18(13)21-11-20-17/h1-3,6-7,10-11,14H,4-5,8-9H2,(H,19,22). The fourth-order valence-electron chi connectivity index (χ4n) is 2.83. The second kappa shape index (κ2) is 6.91. The lowest BCUT2D eigenvalue weighted by Crippen LogP contribution is -2.30. The van der Waals surface area contributed by atoms with Crippen LogP contribution in [-0.4, -0.2) is 27.7 Å². The van der Waals surface area contributed by atoms with Gasteiger partial charge in [0.25, 0.3) is 0 Å². The molecule has 1 atom stereocenters. The molecule has 1 N–H and O–H groups in total. The summed E-state index contributed by atoms with van der Waals surface area (Å²) in [5.74, 6) is 0.128. The summed E-state index contributed by atoms with van der Waals surface area (Å²) >= 11 is 3.23. The highest BCUT2D eigenvalue weighted by atomic mass is 32.2. The van der Waals surface area contributed by atoms with Gasteiger partial charge < -0.3 is 5.32 Å². The highest BCUT2D eigenvalue weighted by Crippen LogP contribution is 2.38. The number of thiophene rings is 1. The molecule has 24 heavy (non-hydrogen) atoms. The number of rotatable bonds is 3. The molecule has 122 valence electrons. The first-order valence-corrected chi connectivity index (χ1v) is 9.75. The smallest absolute Gasteiger partial charge is 0.233 e. The van der Waals surface area contributed by atoms with Crippen molar-refractivity contribution in [1.82, 2.24) is 15.3 Å². The van der Waals surface area contributed by atoms with Crippen molar-refractivity contribution in [2.24, 2.45) is 0 Å². The monoisotopic (exact) mass is 355 g/mol. The molecule has 1 amide bonds. The van der Waals surface area contributed by atoms with Gasteiger partial charge in [0.1, 0.15) is 16.2 Å². The number of nitrogens with zero attached hydrogens (tertiary/aromatic N) is 2. The Kier molecular flexibility index (Phi) is 4.49. The van der Waals surface area contributed by atoms with Crippen LogP contribution in [0, 0.1) is 0 Å². The van der Waals surface area contributed by atoms with Gasteiger partial charge in [0.05, 0.1) is 5.25 Å². The first kappa shape index (κ1) is 15.6. The zero-order valence-corrected chi connectivity index (χ0v) is 14.7. The number of hydrogen-bond acceptors (Lipinski definition) is 5. The summed E-state index contributed by atoms with van der Waals surface area (Å²) in [5, 5.41) is 4.88. The lowest BCUT2D eigenvalue weighted by Gasteiger charge is -2.12. The third kappa shape index (κ3) is 3.16. The van der Waals surface area contributed by atoms with Gasteiger partial charge in [-0.05, 0) is 24.5 Å². The molecule has 0 spiro atoms. The van der Waals surface area contributed by atoms with Gasteiger partial charge in [0.15, 0.2) is 0 Å². The van der Waals surface area contributed by atoms with Crippen LogP contribution in [0.4, 0.5) is 0 Å².